The molecule has 0 saturated carbocycles. The molecule has 34 heavy (non-hydrogen) atoms. The van der Waals surface area contributed by atoms with E-state index in [1.807, 2.05) is 12.1 Å². The monoisotopic (exact) mass is 464 g/mol. The fraction of sp³-hybridized carbons (Fsp3) is 0.400. The second-order valence-corrected chi connectivity index (χ2v) is 9.43. The number of hydrogen-bond donors (Lipinski definition) is 1. The molecule has 2 heterocycles. The van der Waals surface area contributed by atoms with Crippen molar-refractivity contribution in [3.8, 4) is 0 Å². The molecule has 1 N–H and O–H groups in total. The van der Waals surface area contributed by atoms with Gasteiger partial charge in [-0.3, -0.25) is 14.2 Å². The number of rotatable bonds is 5. The minimum Gasteiger partial charge on any atom is -0.464 e. The lowest BCUT2D eigenvalue weighted by molar-refractivity contribution is -0.157. The fourth-order valence-corrected chi connectivity index (χ4v) is 3.98. The fourth-order valence-electron chi connectivity index (χ4n) is 3.98. The van der Waals surface area contributed by atoms with Gasteiger partial charge in [-0.2, -0.15) is 0 Å². The molecule has 1 atom stereocenters. The third-order valence-corrected chi connectivity index (χ3v) is 5.92. The van der Waals surface area contributed by atoms with Gasteiger partial charge in [-0.05, 0) is 75.9 Å². The zero-order chi connectivity index (χ0) is 24.6. The van der Waals surface area contributed by atoms with Gasteiger partial charge >= 0.3 is 11.9 Å². The number of nitrogens with one attached hydrogen (secondary N) is 1. The Hall–Kier alpha value is -3.75. The SMILES string of the molecule is COC(=O)c1ccc(NC2CCc3cc4nc(C)n(COC(=O)C(C)(C)C)c(=O)c4cc32)cn1. The normalized spacial score (nSPS) is 15.1. The van der Waals surface area contributed by atoms with E-state index in [0.29, 0.717) is 16.7 Å². The van der Waals surface area contributed by atoms with Crippen molar-refractivity contribution in [2.24, 2.45) is 5.41 Å². The molecule has 0 spiro atoms. The molecule has 0 bridgehead atoms. The smallest absolute Gasteiger partial charge is 0.356 e. The third kappa shape index (κ3) is 4.50. The molecule has 4 rings (SSSR count). The van der Waals surface area contributed by atoms with Gasteiger partial charge < -0.3 is 14.8 Å². The van der Waals surface area contributed by atoms with Crippen molar-refractivity contribution in [1.29, 1.82) is 0 Å². The van der Waals surface area contributed by atoms with Crippen LogP contribution in [0.5, 0.6) is 0 Å². The van der Waals surface area contributed by atoms with Crippen LogP contribution in [0.3, 0.4) is 0 Å². The van der Waals surface area contributed by atoms with Crippen molar-refractivity contribution in [3.63, 3.8) is 0 Å². The molecule has 1 aliphatic rings. The summed E-state index contributed by atoms with van der Waals surface area (Å²) in [7, 11) is 1.31. The molecule has 0 fully saturated rings. The van der Waals surface area contributed by atoms with Gasteiger partial charge in [0.05, 0.1) is 41.4 Å². The summed E-state index contributed by atoms with van der Waals surface area (Å²) in [5.41, 5.74) is 2.87. The topological polar surface area (TPSA) is 112 Å². The molecule has 178 valence electrons. The van der Waals surface area contributed by atoms with E-state index in [4.69, 9.17) is 4.74 Å². The largest absolute Gasteiger partial charge is 0.464 e. The van der Waals surface area contributed by atoms with Crippen LogP contribution in [0.4, 0.5) is 5.69 Å². The standard InChI is InChI=1S/C25H28N4O5/c1-14-27-21-10-15-6-8-19(28-16-7-9-20(26-12-16)23(31)33-5)17(15)11-18(21)22(30)29(14)13-34-24(32)25(2,3)4/h7,9-12,19,28H,6,8,13H2,1-5H3. The number of nitrogens with zero attached hydrogens (tertiary/aromatic N) is 3. The molecule has 0 radical (unpaired) electrons. The Kier molecular flexibility index (Phi) is 6.12. The lowest BCUT2D eigenvalue weighted by atomic mass is 9.98. The maximum Gasteiger partial charge on any atom is 0.356 e. The van der Waals surface area contributed by atoms with Crippen LogP contribution in [0.25, 0.3) is 10.9 Å². The van der Waals surface area contributed by atoms with Gasteiger partial charge in [0, 0.05) is 0 Å². The van der Waals surface area contributed by atoms with E-state index >= 15 is 0 Å². The van der Waals surface area contributed by atoms with E-state index in [1.54, 1.807) is 46.0 Å². The number of aryl methyl sites for hydroxylation is 2. The predicted molar refractivity (Wildman–Crippen MR) is 127 cm³/mol. The molecule has 2 aromatic heterocycles. The molecule has 0 aliphatic heterocycles. The van der Waals surface area contributed by atoms with Gasteiger partial charge in [-0.15, -0.1) is 0 Å². The van der Waals surface area contributed by atoms with E-state index in [9.17, 15) is 14.4 Å². The summed E-state index contributed by atoms with van der Waals surface area (Å²) in [6, 6.07) is 7.21. The highest BCUT2D eigenvalue weighted by Gasteiger charge is 2.26. The van der Waals surface area contributed by atoms with Crippen molar-refractivity contribution < 1.29 is 19.1 Å². The number of carbonyl (C=O) groups is 2. The Bertz CT molecular complexity index is 1320. The van der Waals surface area contributed by atoms with Crippen LogP contribution < -0.4 is 10.9 Å². The number of aromatic nitrogens is 3. The molecule has 1 unspecified atom stereocenters. The van der Waals surface area contributed by atoms with Crippen molar-refractivity contribution in [3.05, 3.63) is 63.5 Å². The Morgan fingerprint density at radius 2 is 2.00 bits per heavy atom. The van der Waals surface area contributed by atoms with E-state index in [-0.39, 0.29) is 30.0 Å². The van der Waals surface area contributed by atoms with Crippen molar-refractivity contribution >= 4 is 28.5 Å². The maximum atomic E-state index is 13.3. The highest BCUT2D eigenvalue weighted by Crippen LogP contribution is 2.35. The van der Waals surface area contributed by atoms with E-state index in [1.165, 1.54) is 11.7 Å². The molecule has 9 heteroatoms. The highest BCUT2D eigenvalue weighted by molar-refractivity contribution is 5.87. The summed E-state index contributed by atoms with van der Waals surface area (Å²) in [5.74, 6) is -0.385. The lowest BCUT2D eigenvalue weighted by Gasteiger charge is -2.19. The Morgan fingerprint density at radius 3 is 2.65 bits per heavy atom. The summed E-state index contributed by atoms with van der Waals surface area (Å²) in [6.07, 6.45) is 3.29. The van der Waals surface area contributed by atoms with Gasteiger partial charge in [0.15, 0.2) is 6.73 Å². The van der Waals surface area contributed by atoms with Crippen molar-refractivity contribution in [2.75, 3.05) is 12.4 Å². The molecule has 0 saturated heterocycles. The minimum absolute atomic E-state index is 0.0157. The first-order valence-electron chi connectivity index (χ1n) is 11.1. The lowest BCUT2D eigenvalue weighted by Crippen LogP contribution is -2.30. The first-order chi connectivity index (χ1) is 16.1. The zero-order valence-electron chi connectivity index (χ0n) is 20.0. The maximum absolute atomic E-state index is 13.3. The van der Waals surface area contributed by atoms with Gasteiger partial charge in [0.2, 0.25) is 0 Å². The molecule has 1 aliphatic carbocycles. The number of anilines is 1. The number of fused-ring (bicyclic) bond motifs is 2. The summed E-state index contributed by atoms with van der Waals surface area (Å²) in [6.45, 7) is 6.84. The molecular weight excluding hydrogens is 436 g/mol. The molecular formula is C25H28N4O5. The van der Waals surface area contributed by atoms with Crippen molar-refractivity contribution in [2.45, 2.75) is 53.3 Å². The van der Waals surface area contributed by atoms with Gasteiger partial charge in [-0.25, -0.2) is 14.8 Å². The first kappa shape index (κ1) is 23.4. The average Bonchev–Trinajstić information content (AvgIpc) is 3.18. The zero-order valence-corrected chi connectivity index (χ0v) is 20.0. The number of benzene rings is 1. The second-order valence-electron chi connectivity index (χ2n) is 9.43. The first-order valence-corrected chi connectivity index (χ1v) is 11.1. The Balaban J connectivity index is 1.62. The van der Waals surface area contributed by atoms with Gasteiger partial charge in [0.1, 0.15) is 11.5 Å². The Morgan fingerprint density at radius 1 is 1.24 bits per heavy atom. The minimum atomic E-state index is -0.661. The number of carbonyl (C=O) groups excluding carboxylic acids is 2. The van der Waals surface area contributed by atoms with Crippen LogP contribution in [-0.2, 0) is 27.4 Å². The van der Waals surface area contributed by atoms with Crippen LogP contribution in [0.1, 0.15) is 60.7 Å². The van der Waals surface area contributed by atoms with Crippen LogP contribution in [0, 0.1) is 12.3 Å². The molecule has 1 aromatic carbocycles. The molecule has 9 nitrogen and oxygen atoms in total. The summed E-state index contributed by atoms with van der Waals surface area (Å²) in [5, 5.41) is 3.91. The van der Waals surface area contributed by atoms with Crippen LogP contribution in [-0.4, -0.2) is 33.6 Å². The number of pyridine rings is 1. The number of esters is 2. The summed E-state index contributed by atoms with van der Waals surface area (Å²) < 4.78 is 11.4. The highest BCUT2D eigenvalue weighted by atomic mass is 16.5. The Labute approximate surface area is 197 Å². The van der Waals surface area contributed by atoms with Gasteiger partial charge in [-0.1, -0.05) is 0 Å². The van der Waals surface area contributed by atoms with Crippen LogP contribution in [0.15, 0.2) is 35.3 Å². The average molecular weight is 465 g/mol. The summed E-state index contributed by atoms with van der Waals surface area (Å²) >= 11 is 0. The molecule has 0 amide bonds. The summed E-state index contributed by atoms with van der Waals surface area (Å²) in [4.78, 5) is 45.8. The van der Waals surface area contributed by atoms with Gasteiger partial charge in [0.25, 0.3) is 5.56 Å². The van der Waals surface area contributed by atoms with E-state index < -0.39 is 11.4 Å². The predicted octanol–water partition coefficient (Wildman–Crippen LogP) is 3.53. The second kappa shape index (κ2) is 8.89. The van der Waals surface area contributed by atoms with Crippen molar-refractivity contribution in [1.82, 2.24) is 14.5 Å². The molecule has 3 aromatic rings. The third-order valence-electron chi connectivity index (χ3n) is 5.92. The van der Waals surface area contributed by atoms with Crippen LogP contribution in [0.2, 0.25) is 0 Å². The van der Waals surface area contributed by atoms with E-state index in [2.05, 4.69) is 20.0 Å². The van der Waals surface area contributed by atoms with E-state index in [0.717, 1.165) is 29.7 Å². The number of hydrogen-bond acceptors (Lipinski definition) is 8. The number of methoxy groups -OCH3 is 1. The quantitative estimate of drug-likeness (QED) is 0.571. The number of ether oxygens (including phenoxy) is 2. The van der Waals surface area contributed by atoms with Crippen LogP contribution >= 0.6 is 0 Å².